The lowest BCUT2D eigenvalue weighted by Gasteiger charge is -2.32. The number of amides is 2. The molecule has 31 heavy (non-hydrogen) atoms. The summed E-state index contributed by atoms with van der Waals surface area (Å²) in [6.07, 6.45) is 4.34. The zero-order valence-electron chi connectivity index (χ0n) is 17.2. The van der Waals surface area contributed by atoms with Crippen molar-refractivity contribution in [2.45, 2.75) is 25.8 Å². The summed E-state index contributed by atoms with van der Waals surface area (Å²) in [7, 11) is 0. The molecule has 2 amide bonds. The molecule has 4 N–H and O–H groups in total. The minimum absolute atomic E-state index is 0.0416. The first-order valence-electron chi connectivity index (χ1n) is 9.88. The van der Waals surface area contributed by atoms with E-state index in [1.807, 2.05) is 25.1 Å². The highest BCUT2D eigenvalue weighted by Gasteiger charge is 2.23. The first-order valence-corrected chi connectivity index (χ1v) is 10.3. The molecular formula is C21H25ClN6O3. The summed E-state index contributed by atoms with van der Waals surface area (Å²) in [5, 5.41) is 18.5. The molecule has 0 spiro atoms. The van der Waals surface area contributed by atoms with Crippen LogP contribution in [0.1, 0.15) is 18.4 Å². The number of nitrogens with one attached hydrogen (secondary N) is 3. The third-order valence-electron chi connectivity index (χ3n) is 4.86. The standard InChI is InChI=1S/C21H25ClN6O3/c1-3-18(30)25-17-9-13(2)6-7-16(17)26-20-15(22)10-23-21(27-20)24-14-5-4-8-28(11-14)19(31)12-29/h3,6-7,9-10,14,29H,1,4-5,8,11-12H2,2H3,(H,25,30)(H2,23,24,26,27). The second kappa shape index (κ2) is 10.2. The molecule has 1 saturated heterocycles. The summed E-state index contributed by atoms with van der Waals surface area (Å²) in [6, 6.07) is 5.50. The Morgan fingerprint density at radius 1 is 1.39 bits per heavy atom. The van der Waals surface area contributed by atoms with Crippen molar-refractivity contribution in [3.05, 3.63) is 47.6 Å². The van der Waals surface area contributed by atoms with Crippen molar-refractivity contribution >= 4 is 46.6 Å². The number of carbonyl (C=O) groups excluding carboxylic acids is 2. The molecule has 1 aliphatic heterocycles. The second-order valence-electron chi connectivity index (χ2n) is 7.24. The number of benzene rings is 1. The van der Waals surface area contributed by atoms with Crippen LogP contribution in [0.3, 0.4) is 0 Å². The van der Waals surface area contributed by atoms with Crippen molar-refractivity contribution in [1.29, 1.82) is 0 Å². The smallest absolute Gasteiger partial charge is 0.248 e. The van der Waals surface area contributed by atoms with E-state index in [2.05, 4.69) is 32.5 Å². The SMILES string of the molecule is C=CC(=O)Nc1cc(C)ccc1Nc1nc(NC2CCCN(C(=O)CO)C2)ncc1Cl. The minimum Gasteiger partial charge on any atom is -0.387 e. The van der Waals surface area contributed by atoms with Crippen molar-refractivity contribution < 1.29 is 14.7 Å². The quantitative estimate of drug-likeness (QED) is 0.484. The third-order valence-corrected chi connectivity index (χ3v) is 5.13. The van der Waals surface area contributed by atoms with Gasteiger partial charge in [0.15, 0.2) is 5.82 Å². The predicted molar refractivity (Wildman–Crippen MR) is 121 cm³/mol. The van der Waals surface area contributed by atoms with Gasteiger partial charge in [0.1, 0.15) is 11.6 Å². The predicted octanol–water partition coefficient (Wildman–Crippen LogP) is 2.70. The van der Waals surface area contributed by atoms with Crippen molar-refractivity contribution in [2.75, 3.05) is 35.6 Å². The number of halogens is 1. The zero-order valence-corrected chi connectivity index (χ0v) is 17.9. The Morgan fingerprint density at radius 3 is 2.94 bits per heavy atom. The molecule has 0 aliphatic carbocycles. The topological polar surface area (TPSA) is 119 Å². The van der Waals surface area contributed by atoms with Gasteiger partial charge in [-0.1, -0.05) is 24.2 Å². The van der Waals surface area contributed by atoms with Crippen molar-refractivity contribution in [1.82, 2.24) is 14.9 Å². The molecule has 1 unspecified atom stereocenters. The highest BCUT2D eigenvalue weighted by atomic mass is 35.5. The number of hydrogen-bond acceptors (Lipinski definition) is 7. The summed E-state index contributed by atoms with van der Waals surface area (Å²) in [4.78, 5) is 33.9. The molecule has 164 valence electrons. The van der Waals surface area contributed by atoms with Gasteiger partial charge in [-0.15, -0.1) is 0 Å². The van der Waals surface area contributed by atoms with Gasteiger partial charge < -0.3 is 26.0 Å². The Hall–Kier alpha value is -3.17. The van der Waals surface area contributed by atoms with Gasteiger partial charge in [0.05, 0.1) is 17.6 Å². The Morgan fingerprint density at radius 2 is 2.19 bits per heavy atom. The molecule has 0 saturated carbocycles. The number of aliphatic hydroxyl groups excluding tert-OH is 1. The molecule has 1 fully saturated rings. The van der Waals surface area contributed by atoms with Crippen LogP contribution in [0.15, 0.2) is 37.1 Å². The Balaban J connectivity index is 1.77. The number of piperidine rings is 1. The minimum atomic E-state index is -0.500. The Labute approximate surface area is 185 Å². The van der Waals surface area contributed by atoms with Crippen LogP contribution in [-0.2, 0) is 9.59 Å². The lowest BCUT2D eigenvalue weighted by Crippen LogP contribution is -2.46. The summed E-state index contributed by atoms with van der Waals surface area (Å²) in [5.41, 5.74) is 2.16. The number of aryl methyl sites for hydroxylation is 1. The molecule has 2 heterocycles. The van der Waals surface area contributed by atoms with Gasteiger partial charge in [-0.05, 0) is 43.5 Å². The first kappa shape index (κ1) is 22.5. The average molecular weight is 445 g/mol. The Bertz CT molecular complexity index is 984. The number of rotatable bonds is 7. The monoisotopic (exact) mass is 444 g/mol. The molecule has 2 aromatic rings. The lowest BCUT2D eigenvalue weighted by atomic mass is 10.1. The molecule has 1 aromatic carbocycles. The van der Waals surface area contributed by atoms with E-state index in [0.29, 0.717) is 41.3 Å². The molecule has 1 aliphatic rings. The van der Waals surface area contributed by atoms with E-state index in [4.69, 9.17) is 16.7 Å². The molecule has 0 radical (unpaired) electrons. The van der Waals surface area contributed by atoms with E-state index in [-0.39, 0.29) is 17.9 Å². The van der Waals surface area contributed by atoms with Crippen LogP contribution in [-0.4, -0.2) is 57.5 Å². The number of hydrogen-bond donors (Lipinski definition) is 4. The third kappa shape index (κ3) is 5.93. The summed E-state index contributed by atoms with van der Waals surface area (Å²) < 4.78 is 0. The van der Waals surface area contributed by atoms with E-state index in [1.54, 1.807) is 4.90 Å². The van der Waals surface area contributed by atoms with E-state index in [9.17, 15) is 9.59 Å². The van der Waals surface area contributed by atoms with Gasteiger partial charge in [-0.2, -0.15) is 4.98 Å². The highest BCUT2D eigenvalue weighted by Crippen LogP contribution is 2.30. The largest absolute Gasteiger partial charge is 0.387 e. The fraction of sp³-hybridized carbons (Fsp3) is 0.333. The molecule has 1 atom stereocenters. The van der Waals surface area contributed by atoms with Crippen LogP contribution in [0.4, 0.5) is 23.1 Å². The highest BCUT2D eigenvalue weighted by molar-refractivity contribution is 6.33. The van der Waals surface area contributed by atoms with Gasteiger partial charge in [0.2, 0.25) is 17.8 Å². The maximum atomic E-state index is 11.8. The van der Waals surface area contributed by atoms with E-state index in [1.165, 1.54) is 12.3 Å². The van der Waals surface area contributed by atoms with Crippen LogP contribution in [0.5, 0.6) is 0 Å². The van der Waals surface area contributed by atoms with Crippen LogP contribution in [0.25, 0.3) is 0 Å². The summed E-state index contributed by atoms with van der Waals surface area (Å²) >= 11 is 6.29. The van der Waals surface area contributed by atoms with Crippen LogP contribution >= 0.6 is 11.6 Å². The van der Waals surface area contributed by atoms with Crippen LogP contribution in [0, 0.1) is 6.92 Å². The molecule has 10 heteroatoms. The fourth-order valence-corrected chi connectivity index (χ4v) is 3.45. The number of nitrogens with zero attached hydrogens (tertiary/aromatic N) is 3. The summed E-state index contributed by atoms with van der Waals surface area (Å²) in [6.45, 7) is 5.98. The van der Waals surface area contributed by atoms with E-state index < -0.39 is 6.61 Å². The summed E-state index contributed by atoms with van der Waals surface area (Å²) in [5.74, 6) is 0.110. The average Bonchev–Trinajstić information content (AvgIpc) is 2.77. The van der Waals surface area contributed by atoms with Crippen molar-refractivity contribution in [2.24, 2.45) is 0 Å². The van der Waals surface area contributed by atoms with Gasteiger partial charge >= 0.3 is 0 Å². The van der Waals surface area contributed by atoms with Gasteiger partial charge in [0, 0.05) is 19.1 Å². The fourth-order valence-electron chi connectivity index (χ4n) is 3.31. The number of aliphatic hydroxyl groups is 1. The van der Waals surface area contributed by atoms with E-state index in [0.717, 1.165) is 18.4 Å². The molecule has 9 nitrogen and oxygen atoms in total. The van der Waals surface area contributed by atoms with E-state index >= 15 is 0 Å². The van der Waals surface area contributed by atoms with Crippen molar-refractivity contribution in [3.8, 4) is 0 Å². The molecular weight excluding hydrogens is 420 g/mol. The van der Waals surface area contributed by atoms with Crippen molar-refractivity contribution in [3.63, 3.8) is 0 Å². The lowest BCUT2D eigenvalue weighted by molar-refractivity contribution is -0.135. The molecule has 3 rings (SSSR count). The maximum Gasteiger partial charge on any atom is 0.248 e. The first-order chi connectivity index (χ1) is 14.9. The molecule has 1 aromatic heterocycles. The number of aromatic nitrogens is 2. The second-order valence-corrected chi connectivity index (χ2v) is 7.65. The van der Waals surface area contributed by atoms with Gasteiger partial charge in [-0.3, -0.25) is 9.59 Å². The number of anilines is 4. The number of likely N-dealkylation sites (tertiary alicyclic amines) is 1. The van der Waals surface area contributed by atoms with Gasteiger partial charge in [0.25, 0.3) is 0 Å². The normalized spacial score (nSPS) is 15.8. The molecule has 0 bridgehead atoms. The van der Waals surface area contributed by atoms with Crippen LogP contribution in [0.2, 0.25) is 5.02 Å². The van der Waals surface area contributed by atoms with Crippen LogP contribution < -0.4 is 16.0 Å². The maximum absolute atomic E-state index is 11.8. The Kier molecular flexibility index (Phi) is 7.43. The number of carbonyl (C=O) groups is 2. The zero-order chi connectivity index (χ0) is 22.4. The van der Waals surface area contributed by atoms with Gasteiger partial charge in [-0.25, -0.2) is 4.98 Å².